The molecule has 0 aliphatic carbocycles. The highest BCUT2D eigenvalue weighted by atomic mass is 16.3. The second-order valence-electron chi connectivity index (χ2n) is 14.5. The lowest BCUT2D eigenvalue weighted by atomic mass is 9.93. The van der Waals surface area contributed by atoms with Crippen LogP contribution in [0.15, 0.2) is 217 Å². The van der Waals surface area contributed by atoms with Gasteiger partial charge in [0.2, 0.25) is 0 Å². The van der Waals surface area contributed by atoms with Crippen LogP contribution in [0, 0.1) is 0 Å². The third-order valence-electron chi connectivity index (χ3n) is 11.3. The van der Waals surface area contributed by atoms with Crippen LogP contribution in [0.3, 0.4) is 0 Å². The molecule has 1 heterocycles. The summed E-state index contributed by atoms with van der Waals surface area (Å²) < 4.78 is 6.55. The van der Waals surface area contributed by atoms with E-state index in [1.165, 1.54) is 54.9 Å². The lowest BCUT2D eigenvalue weighted by Gasteiger charge is -2.27. The van der Waals surface area contributed by atoms with Gasteiger partial charge in [0.25, 0.3) is 0 Å². The van der Waals surface area contributed by atoms with Crippen molar-refractivity contribution in [2.45, 2.75) is 0 Å². The van der Waals surface area contributed by atoms with E-state index in [2.05, 4.69) is 211 Å². The van der Waals surface area contributed by atoms with Crippen molar-refractivity contribution in [1.29, 1.82) is 0 Å². The molecule has 1 aromatic heterocycles. The molecule has 0 bridgehead atoms. The van der Waals surface area contributed by atoms with Crippen LogP contribution < -0.4 is 4.90 Å². The van der Waals surface area contributed by atoms with Gasteiger partial charge in [0.05, 0.1) is 5.69 Å². The summed E-state index contributed by atoms with van der Waals surface area (Å²) >= 11 is 0. The lowest BCUT2D eigenvalue weighted by Crippen LogP contribution is -2.10. The molecule has 0 N–H and O–H groups in total. The van der Waals surface area contributed by atoms with Gasteiger partial charge in [0.15, 0.2) is 0 Å². The Bertz CT molecular complexity index is 3230. The van der Waals surface area contributed by atoms with Gasteiger partial charge in [-0.3, -0.25) is 0 Å². The molecule has 0 aliphatic rings. The van der Waals surface area contributed by atoms with E-state index in [0.717, 1.165) is 49.8 Å². The van der Waals surface area contributed by atoms with Crippen molar-refractivity contribution in [3.05, 3.63) is 212 Å². The number of anilines is 3. The quantitative estimate of drug-likeness (QED) is 0.160. The zero-order valence-electron chi connectivity index (χ0n) is 30.6. The Balaban J connectivity index is 1.08. The highest BCUT2D eigenvalue weighted by Crippen LogP contribution is 2.44. The van der Waals surface area contributed by atoms with Crippen molar-refractivity contribution in [3.8, 4) is 33.4 Å². The van der Waals surface area contributed by atoms with Gasteiger partial charge in [-0.05, 0) is 103 Å². The molecule has 0 unspecified atom stereocenters. The molecule has 0 aliphatic heterocycles. The predicted octanol–water partition coefficient (Wildman–Crippen LogP) is 15.5. The molecule has 0 saturated carbocycles. The standard InChI is InChI=1S/C54H35NO/c1-2-12-36(13-3-1)37-24-26-38(27-25-37)39-28-30-42(31-29-39)55(52-22-11-21-49-47(52)32-33-50-48-20-8-9-23-53(48)56-54(49)50)43-16-10-15-40(34-43)51-35-41-14-4-5-17-44(41)45-18-6-7-19-46(45)51/h1-35H. The van der Waals surface area contributed by atoms with Gasteiger partial charge < -0.3 is 9.32 Å². The van der Waals surface area contributed by atoms with E-state index in [-0.39, 0.29) is 0 Å². The Morgan fingerprint density at radius 2 is 0.857 bits per heavy atom. The Kier molecular flexibility index (Phi) is 7.53. The van der Waals surface area contributed by atoms with Crippen LogP contribution in [-0.2, 0) is 0 Å². The molecule has 11 rings (SSSR count). The zero-order chi connectivity index (χ0) is 37.0. The summed E-state index contributed by atoms with van der Waals surface area (Å²) in [5, 5.41) is 9.49. The molecular formula is C54H35NO. The summed E-state index contributed by atoms with van der Waals surface area (Å²) in [6.07, 6.45) is 0. The highest BCUT2D eigenvalue weighted by Gasteiger charge is 2.19. The number of fused-ring (bicyclic) bond motifs is 8. The van der Waals surface area contributed by atoms with Crippen LogP contribution in [-0.4, -0.2) is 0 Å². The second kappa shape index (κ2) is 13.2. The van der Waals surface area contributed by atoms with E-state index < -0.39 is 0 Å². The maximum absolute atomic E-state index is 6.55. The minimum atomic E-state index is 0.903. The maximum Gasteiger partial charge on any atom is 0.143 e. The van der Waals surface area contributed by atoms with Crippen LogP contribution >= 0.6 is 0 Å². The van der Waals surface area contributed by atoms with Gasteiger partial charge in [-0.15, -0.1) is 0 Å². The van der Waals surface area contributed by atoms with Gasteiger partial charge >= 0.3 is 0 Å². The highest BCUT2D eigenvalue weighted by molar-refractivity contribution is 6.18. The lowest BCUT2D eigenvalue weighted by molar-refractivity contribution is 0.672. The second-order valence-corrected chi connectivity index (χ2v) is 14.5. The molecule has 0 atom stereocenters. The Morgan fingerprint density at radius 1 is 0.304 bits per heavy atom. The van der Waals surface area contributed by atoms with E-state index in [1.807, 2.05) is 6.07 Å². The first-order chi connectivity index (χ1) is 27.8. The number of rotatable bonds is 6. The molecule has 10 aromatic carbocycles. The van der Waals surface area contributed by atoms with Crippen molar-refractivity contribution in [3.63, 3.8) is 0 Å². The fourth-order valence-corrected chi connectivity index (χ4v) is 8.54. The minimum absolute atomic E-state index is 0.903. The fourth-order valence-electron chi connectivity index (χ4n) is 8.54. The SMILES string of the molecule is c1ccc(-c2ccc(-c3ccc(N(c4cccc(-c5cc6ccccc6c6ccccc56)c4)c4cccc5c4ccc4c6ccccc6oc54)cc3)cc2)cc1. The predicted molar refractivity (Wildman–Crippen MR) is 237 cm³/mol. The molecule has 0 amide bonds. The normalized spacial score (nSPS) is 11.6. The Morgan fingerprint density at radius 3 is 1.64 bits per heavy atom. The monoisotopic (exact) mass is 713 g/mol. The number of hydrogen-bond acceptors (Lipinski definition) is 2. The number of benzene rings is 10. The van der Waals surface area contributed by atoms with Crippen LogP contribution in [0.5, 0.6) is 0 Å². The van der Waals surface area contributed by atoms with Gasteiger partial charge in [0.1, 0.15) is 11.2 Å². The van der Waals surface area contributed by atoms with Crippen molar-refractivity contribution in [2.24, 2.45) is 0 Å². The number of furan rings is 1. The molecule has 0 saturated heterocycles. The third-order valence-corrected chi connectivity index (χ3v) is 11.3. The molecule has 0 fully saturated rings. The van der Waals surface area contributed by atoms with Crippen molar-refractivity contribution >= 4 is 71.3 Å². The molecule has 11 aromatic rings. The van der Waals surface area contributed by atoms with E-state index in [9.17, 15) is 0 Å². The summed E-state index contributed by atoms with van der Waals surface area (Å²) in [7, 11) is 0. The number of para-hydroxylation sites is 1. The summed E-state index contributed by atoms with van der Waals surface area (Å²) in [6, 6.07) is 76.5. The summed E-state index contributed by atoms with van der Waals surface area (Å²) in [4.78, 5) is 2.39. The molecule has 262 valence electrons. The summed E-state index contributed by atoms with van der Waals surface area (Å²) in [5.74, 6) is 0. The van der Waals surface area contributed by atoms with E-state index in [4.69, 9.17) is 4.42 Å². The largest absolute Gasteiger partial charge is 0.455 e. The Labute approximate surface area is 325 Å². The van der Waals surface area contributed by atoms with Gasteiger partial charge in [-0.2, -0.15) is 0 Å². The number of nitrogens with zero attached hydrogens (tertiary/aromatic N) is 1. The smallest absolute Gasteiger partial charge is 0.143 e. The first-order valence-corrected chi connectivity index (χ1v) is 19.2. The maximum atomic E-state index is 6.55. The molecule has 2 nitrogen and oxygen atoms in total. The molecule has 0 spiro atoms. The van der Waals surface area contributed by atoms with E-state index >= 15 is 0 Å². The van der Waals surface area contributed by atoms with Crippen molar-refractivity contribution < 1.29 is 4.42 Å². The average Bonchev–Trinajstić information content (AvgIpc) is 3.66. The average molecular weight is 714 g/mol. The zero-order valence-corrected chi connectivity index (χ0v) is 30.6. The van der Waals surface area contributed by atoms with Gasteiger partial charge in [-0.1, -0.05) is 164 Å². The molecule has 0 radical (unpaired) electrons. The van der Waals surface area contributed by atoms with Crippen LogP contribution in [0.2, 0.25) is 0 Å². The molecular weight excluding hydrogens is 679 g/mol. The fraction of sp³-hybridized carbons (Fsp3) is 0. The third kappa shape index (κ3) is 5.34. The molecule has 56 heavy (non-hydrogen) atoms. The van der Waals surface area contributed by atoms with Crippen LogP contribution in [0.1, 0.15) is 0 Å². The van der Waals surface area contributed by atoms with Crippen molar-refractivity contribution in [2.75, 3.05) is 4.90 Å². The van der Waals surface area contributed by atoms with Crippen molar-refractivity contribution in [1.82, 2.24) is 0 Å². The molecule has 2 heteroatoms. The summed E-state index contributed by atoms with van der Waals surface area (Å²) in [6.45, 7) is 0. The first kappa shape index (κ1) is 32.0. The minimum Gasteiger partial charge on any atom is -0.455 e. The van der Waals surface area contributed by atoms with Crippen LogP contribution in [0.25, 0.3) is 87.6 Å². The topological polar surface area (TPSA) is 16.4 Å². The van der Waals surface area contributed by atoms with E-state index in [0.29, 0.717) is 0 Å². The van der Waals surface area contributed by atoms with Gasteiger partial charge in [-0.25, -0.2) is 0 Å². The summed E-state index contributed by atoms with van der Waals surface area (Å²) in [5.41, 5.74) is 12.2. The Hall–Kier alpha value is -7.42. The number of hydrogen-bond donors (Lipinski definition) is 0. The first-order valence-electron chi connectivity index (χ1n) is 19.2. The van der Waals surface area contributed by atoms with Gasteiger partial charge in [0, 0.05) is 32.9 Å². The van der Waals surface area contributed by atoms with Crippen LogP contribution in [0.4, 0.5) is 17.1 Å². The van der Waals surface area contributed by atoms with E-state index in [1.54, 1.807) is 0 Å².